The van der Waals surface area contributed by atoms with Crippen LogP contribution in [0.15, 0.2) is 6.33 Å². The van der Waals surface area contributed by atoms with E-state index in [1.54, 1.807) is 26.0 Å². The number of carboxylic acids is 1. The zero-order valence-electron chi connectivity index (χ0n) is 10.5. The number of hydrogen-bond donors (Lipinski definition) is 1. The van der Waals surface area contributed by atoms with E-state index in [0.29, 0.717) is 18.2 Å². The molecule has 0 aliphatic rings. The van der Waals surface area contributed by atoms with E-state index in [-0.39, 0.29) is 0 Å². The summed E-state index contributed by atoms with van der Waals surface area (Å²) < 4.78 is 5.09. The van der Waals surface area contributed by atoms with Gasteiger partial charge >= 0.3 is 5.97 Å². The summed E-state index contributed by atoms with van der Waals surface area (Å²) in [5.41, 5.74) is 0.801. The third-order valence-electron chi connectivity index (χ3n) is 2.54. The molecule has 94 valence electrons. The van der Waals surface area contributed by atoms with Gasteiger partial charge in [-0.15, -0.1) is 0 Å². The number of methoxy groups -OCH3 is 1. The van der Waals surface area contributed by atoms with E-state index in [4.69, 9.17) is 9.84 Å². The number of carboxylic acid groups (broad SMARTS) is 1. The Morgan fingerprint density at radius 1 is 1.59 bits per heavy atom. The van der Waals surface area contributed by atoms with Gasteiger partial charge in [0.15, 0.2) is 0 Å². The summed E-state index contributed by atoms with van der Waals surface area (Å²) in [5.74, 6) is -0.0920. The second kappa shape index (κ2) is 5.47. The van der Waals surface area contributed by atoms with E-state index in [1.807, 2.05) is 6.92 Å². The minimum Gasteiger partial charge on any atom is -0.481 e. The third-order valence-corrected chi connectivity index (χ3v) is 2.54. The predicted octanol–water partition coefficient (Wildman–Crippen LogP) is 0.951. The molecule has 0 amide bonds. The summed E-state index contributed by atoms with van der Waals surface area (Å²) in [4.78, 5) is 20.7. The Morgan fingerprint density at radius 2 is 2.24 bits per heavy atom. The maximum atomic E-state index is 10.8. The van der Waals surface area contributed by atoms with E-state index in [2.05, 4.69) is 9.97 Å². The first kappa shape index (κ1) is 13.2. The van der Waals surface area contributed by atoms with Crippen molar-refractivity contribution in [2.75, 3.05) is 25.6 Å². The van der Waals surface area contributed by atoms with Crippen molar-refractivity contribution >= 4 is 11.8 Å². The summed E-state index contributed by atoms with van der Waals surface area (Å²) in [5, 5.41) is 8.86. The molecule has 0 saturated carbocycles. The molecule has 6 nitrogen and oxygen atoms in total. The van der Waals surface area contributed by atoms with Crippen LogP contribution >= 0.6 is 0 Å². The highest BCUT2D eigenvalue weighted by Crippen LogP contribution is 2.23. The summed E-state index contributed by atoms with van der Waals surface area (Å²) in [6.45, 7) is 3.89. The molecule has 0 spiro atoms. The number of nitrogens with zero attached hydrogens (tertiary/aromatic N) is 3. The SMILES string of the molecule is COc1ncnc(N(C)CC(C)C(=O)O)c1C. The van der Waals surface area contributed by atoms with E-state index in [0.717, 1.165) is 5.56 Å². The lowest BCUT2D eigenvalue weighted by molar-refractivity contribution is -0.140. The van der Waals surface area contributed by atoms with Crippen LogP contribution in [0.3, 0.4) is 0 Å². The van der Waals surface area contributed by atoms with Crippen molar-refractivity contribution in [3.05, 3.63) is 11.9 Å². The molecule has 6 heteroatoms. The van der Waals surface area contributed by atoms with Crippen molar-refractivity contribution in [3.63, 3.8) is 0 Å². The molecule has 1 N–H and O–H groups in total. The van der Waals surface area contributed by atoms with Gasteiger partial charge < -0.3 is 14.7 Å². The van der Waals surface area contributed by atoms with Gasteiger partial charge in [0.05, 0.1) is 18.6 Å². The van der Waals surface area contributed by atoms with Gasteiger partial charge in [-0.05, 0) is 6.92 Å². The lowest BCUT2D eigenvalue weighted by Crippen LogP contribution is -2.29. The fourth-order valence-corrected chi connectivity index (χ4v) is 1.59. The number of aliphatic carboxylic acids is 1. The van der Waals surface area contributed by atoms with Crippen LogP contribution in [-0.2, 0) is 4.79 Å². The third kappa shape index (κ3) is 3.05. The van der Waals surface area contributed by atoms with Crippen LogP contribution in [0, 0.1) is 12.8 Å². The molecule has 1 heterocycles. The fourth-order valence-electron chi connectivity index (χ4n) is 1.59. The largest absolute Gasteiger partial charge is 0.481 e. The lowest BCUT2D eigenvalue weighted by atomic mass is 10.1. The molecular weight excluding hydrogens is 222 g/mol. The summed E-state index contributed by atoms with van der Waals surface area (Å²) in [6.07, 6.45) is 1.41. The van der Waals surface area contributed by atoms with Gasteiger partial charge in [-0.3, -0.25) is 4.79 Å². The minimum atomic E-state index is -0.824. The smallest absolute Gasteiger partial charge is 0.308 e. The van der Waals surface area contributed by atoms with Crippen molar-refractivity contribution < 1.29 is 14.6 Å². The Hall–Kier alpha value is -1.85. The van der Waals surface area contributed by atoms with Gasteiger partial charge in [0.2, 0.25) is 5.88 Å². The summed E-state index contributed by atoms with van der Waals surface area (Å²) in [6, 6.07) is 0. The predicted molar refractivity (Wildman–Crippen MR) is 63.4 cm³/mol. The number of anilines is 1. The molecule has 0 bridgehead atoms. The number of hydrogen-bond acceptors (Lipinski definition) is 5. The average molecular weight is 239 g/mol. The quantitative estimate of drug-likeness (QED) is 0.824. The molecule has 1 rings (SSSR count). The molecule has 0 saturated heterocycles. The van der Waals surface area contributed by atoms with E-state index < -0.39 is 11.9 Å². The molecule has 0 radical (unpaired) electrons. The number of aromatic nitrogens is 2. The topological polar surface area (TPSA) is 75.6 Å². The zero-order chi connectivity index (χ0) is 13.0. The second-order valence-electron chi connectivity index (χ2n) is 3.95. The first-order valence-corrected chi connectivity index (χ1v) is 5.27. The van der Waals surface area contributed by atoms with Gasteiger partial charge in [-0.25, -0.2) is 9.97 Å². The lowest BCUT2D eigenvalue weighted by Gasteiger charge is -2.22. The number of rotatable bonds is 5. The molecular formula is C11H17N3O3. The molecule has 1 atom stereocenters. The van der Waals surface area contributed by atoms with Crippen molar-refractivity contribution in [1.29, 1.82) is 0 Å². The highest BCUT2D eigenvalue weighted by atomic mass is 16.5. The van der Waals surface area contributed by atoms with E-state index in [1.165, 1.54) is 6.33 Å². The highest BCUT2D eigenvalue weighted by Gasteiger charge is 2.17. The van der Waals surface area contributed by atoms with Crippen LogP contribution in [-0.4, -0.2) is 41.7 Å². The van der Waals surface area contributed by atoms with E-state index >= 15 is 0 Å². The van der Waals surface area contributed by atoms with Crippen LogP contribution < -0.4 is 9.64 Å². The molecule has 17 heavy (non-hydrogen) atoms. The average Bonchev–Trinajstić information content (AvgIpc) is 2.28. The standard InChI is InChI=1S/C11H17N3O3/c1-7(11(15)16)5-14(3)9-8(2)10(17-4)13-6-12-9/h6-7H,5H2,1-4H3,(H,15,16). The van der Waals surface area contributed by atoms with Crippen molar-refractivity contribution in [3.8, 4) is 5.88 Å². The van der Waals surface area contributed by atoms with Crippen LogP contribution in [0.4, 0.5) is 5.82 Å². The van der Waals surface area contributed by atoms with E-state index in [9.17, 15) is 4.79 Å². The monoisotopic (exact) mass is 239 g/mol. The second-order valence-corrected chi connectivity index (χ2v) is 3.95. The van der Waals surface area contributed by atoms with Crippen molar-refractivity contribution in [2.45, 2.75) is 13.8 Å². The number of ether oxygens (including phenoxy) is 1. The van der Waals surface area contributed by atoms with Gasteiger partial charge in [0.1, 0.15) is 12.1 Å². The van der Waals surface area contributed by atoms with Gasteiger partial charge in [-0.2, -0.15) is 0 Å². The Bertz CT molecular complexity index is 409. The summed E-state index contributed by atoms with van der Waals surface area (Å²) in [7, 11) is 3.34. The molecule has 0 aliphatic heterocycles. The van der Waals surface area contributed by atoms with Crippen LogP contribution in [0.2, 0.25) is 0 Å². The first-order valence-electron chi connectivity index (χ1n) is 5.27. The van der Waals surface area contributed by atoms with Crippen molar-refractivity contribution in [1.82, 2.24) is 9.97 Å². The fraction of sp³-hybridized carbons (Fsp3) is 0.545. The Kier molecular flexibility index (Phi) is 4.25. The van der Waals surface area contributed by atoms with Gasteiger partial charge in [-0.1, -0.05) is 6.92 Å². The first-order chi connectivity index (χ1) is 7.97. The van der Waals surface area contributed by atoms with Crippen LogP contribution in [0.25, 0.3) is 0 Å². The van der Waals surface area contributed by atoms with Crippen LogP contribution in [0.1, 0.15) is 12.5 Å². The number of carbonyl (C=O) groups is 1. The molecule has 0 fully saturated rings. The van der Waals surface area contributed by atoms with Gasteiger partial charge in [0.25, 0.3) is 0 Å². The maximum Gasteiger partial charge on any atom is 0.308 e. The molecule has 1 aromatic rings. The molecule has 0 aromatic carbocycles. The highest BCUT2D eigenvalue weighted by molar-refractivity contribution is 5.70. The maximum absolute atomic E-state index is 10.8. The zero-order valence-corrected chi connectivity index (χ0v) is 10.5. The Balaban J connectivity index is 2.89. The normalized spacial score (nSPS) is 12.0. The Labute approximate surface area is 100 Å². The minimum absolute atomic E-state index is 0.385. The van der Waals surface area contributed by atoms with Crippen LogP contribution in [0.5, 0.6) is 5.88 Å². The summed E-state index contributed by atoms with van der Waals surface area (Å²) >= 11 is 0. The van der Waals surface area contributed by atoms with Gasteiger partial charge in [0, 0.05) is 13.6 Å². The molecule has 1 aromatic heterocycles. The Morgan fingerprint density at radius 3 is 2.76 bits per heavy atom. The molecule has 1 unspecified atom stereocenters. The molecule has 0 aliphatic carbocycles. The van der Waals surface area contributed by atoms with Crippen molar-refractivity contribution in [2.24, 2.45) is 5.92 Å².